The van der Waals surface area contributed by atoms with Gasteiger partial charge in [-0.3, -0.25) is 4.79 Å². The second-order valence-corrected chi connectivity index (χ2v) is 6.54. The van der Waals surface area contributed by atoms with Gasteiger partial charge in [-0.25, -0.2) is 4.79 Å². The molecule has 0 bridgehead atoms. The minimum Gasteiger partial charge on any atom is -0.478 e. The second-order valence-electron chi connectivity index (χ2n) is 5.46. The van der Waals surface area contributed by atoms with Crippen molar-refractivity contribution in [1.29, 1.82) is 0 Å². The van der Waals surface area contributed by atoms with E-state index in [1.807, 2.05) is 42.5 Å². The quantitative estimate of drug-likeness (QED) is 0.671. The summed E-state index contributed by atoms with van der Waals surface area (Å²) in [7, 11) is 0. The van der Waals surface area contributed by atoms with Gasteiger partial charge >= 0.3 is 11.9 Å². The van der Waals surface area contributed by atoms with Gasteiger partial charge in [0.2, 0.25) is 0 Å². The molecule has 0 aliphatic carbocycles. The fraction of sp³-hybridized carbons (Fsp3) is 0.100. The van der Waals surface area contributed by atoms with E-state index in [0.717, 1.165) is 21.2 Å². The Morgan fingerprint density at radius 2 is 1.64 bits per heavy atom. The molecule has 0 aliphatic heterocycles. The summed E-state index contributed by atoms with van der Waals surface area (Å²) in [6, 6.07) is 18.6. The molecule has 3 rings (SSSR count). The highest BCUT2D eigenvalue weighted by Gasteiger charge is 2.13. The van der Waals surface area contributed by atoms with E-state index in [4.69, 9.17) is 4.74 Å². The maximum Gasteiger partial charge on any atom is 0.336 e. The van der Waals surface area contributed by atoms with E-state index in [2.05, 4.69) is 0 Å². The van der Waals surface area contributed by atoms with E-state index in [1.54, 1.807) is 18.2 Å². The average molecular weight is 352 g/mol. The minimum absolute atomic E-state index is 0.185. The van der Waals surface area contributed by atoms with Crippen molar-refractivity contribution >= 4 is 34.5 Å². The molecule has 0 heterocycles. The Kier molecular flexibility index (Phi) is 5.05. The molecular weight excluding hydrogens is 336 g/mol. The summed E-state index contributed by atoms with van der Waals surface area (Å²) < 4.78 is 5.16. The zero-order valence-electron chi connectivity index (χ0n) is 13.6. The van der Waals surface area contributed by atoms with Crippen LogP contribution in [0.4, 0.5) is 0 Å². The number of fused-ring (bicyclic) bond motifs is 1. The number of esters is 1. The molecule has 1 N–H and O–H groups in total. The summed E-state index contributed by atoms with van der Waals surface area (Å²) in [6.07, 6.45) is 0. The predicted molar refractivity (Wildman–Crippen MR) is 96.9 cm³/mol. The van der Waals surface area contributed by atoms with Crippen LogP contribution < -0.4 is 0 Å². The third kappa shape index (κ3) is 3.83. The number of carbonyl (C=O) groups excluding carboxylic acids is 1. The Morgan fingerprint density at radius 1 is 0.960 bits per heavy atom. The molecule has 0 radical (unpaired) electrons. The summed E-state index contributed by atoms with van der Waals surface area (Å²) in [6.45, 7) is 1.56. The monoisotopic (exact) mass is 352 g/mol. The van der Waals surface area contributed by atoms with Crippen LogP contribution in [-0.2, 0) is 16.1 Å². The molecule has 0 aliphatic rings. The van der Waals surface area contributed by atoms with E-state index >= 15 is 0 Å². The molecule has 5 heteroatoms. The number of aromatic carboxylic acids is 1. The molecule has 3 aromatic carbocycles. The lowest BCUT2D eigenvalue weighted by molar-refractivity contribution is -0.142. The van der Waals surface area contributed by atoms with Crippen molar-refractivity contribution in [2.75, 3.05) is 0 Å². The summed E-state index contributed by atoms with van der Waals surface area (Å²) in [5.41, 5.74) is 1.16. The minimum atomic E-state index is -0.955. The third-order valence-corrected chi connectivity index (χ3v) is 4.86. The van der Waals surface area contributed by atoms with Gasteiger partial charge < -0.3 is 9.84 Å². The van der Waals surface area contributed by atoms with Gasteiger partial charge in [0, 0.05) is 22.1 Å². The molecule has 0 aromatic heterocycles. The normalized spacial score (nSPS) is 10.6. The largest absolute Gasteiger partial charge is 0.478 e. The molecule has 0 saturated heterocycles. The number of carboxylic acid groups (broad SMARTS) is 1. The summed E-state index contributed by atoms with van der Waals surface area (Å²) in [4.78, 5) is 24.2. The molecule has 0 saturated carbocycles. The highest BCUT2D eigenvalue weighted by atomic mass is 32.2. The van der Waals surface area contributed by atoms with Gasteiger partial charge in [-0.2, -0.15) is 0 Å². The fourth-order valence-electron chi connectivity index (χ4n) is 2.62. The van der Waals surface area contributed by atoms with Crippen LogP contribution in [0.5, 0.6) is 0 Å². The van der Waals surface area contributed by atoms with Crippen molar-refractivity contribution < 1.29 is 19.4 Å². The van der Waals surface area contributed by atoms with Gasteiger partial charge in [0.15, 0.2) is 0 Å². The lowest BCUT2D eigenvalue weighted by atomic mass is 10.1. The number of hydrogen-bond donors (Lipinski definition) is 1. The van der Waals surface area contributed by atoms with Crippen molar-refractivity contribution in [2.45, 2.75) is 23.3 Å². The van der Waals surface area contributed by atoms with Gasteiger partial charge in [-0.15, -0.1) is 0 Å². The van der Waals surface area contributed by atoms with E-state index in [0.29, 0.717) is 4.90 Å². The first-order chi connectivity index (χ1) is 12.1. The Bertz CT molecular complexity index is 944. The standard InChI is InChI=1S/C20H16O4S/c1-13(21)24-12-15-8-4-6-14-7-5-11-18(19(14)15)25-17-10-3-2-9-16(17)20(22)23/h2-11H,12H2,1H3,(H,22,23). The molecule has 0 spiro atoms. The molecule has 126 valence electrons. The summed E-state index contributed by atoms with van der Waals surface area (Å²) in [5.74, 6) is -1.29. The Labute approximate surface area is 149 Å². The van der Waals surface area contributed by atoms with Crippen LogP contribution in [0.2, 0.25) is 0 Å². The topological polar surface area (TPSA) is 63.6 Å². The number of carbonyl (C=O) groups is 2. The fourth-order valence-corrected chi connectivity index (χ4v) is 3.76. The van der Waals surface area contributed by atoms with Crippen LogP contribution in [0.15, 0.2) is 70.5 Å². The van der Waals surface area contributed by atoms with E-state index < -0.39 is 5.97 Å². The van der Waals surface area contributed by atoms with Gasteiger partial charge in [-0.1, -0.05) is 54.2 Å². The Morgan fingerprint density at radius 3 is 2.36 bits per heavy atom. The van der Waals surface area contributed by atoms with Crippen LogP contribution >= 0.6 is 11.8 Å². The van der Waals surface area contributed by atoms with E-state index in [1.165, 1.54) is 18.7 Å². The molecule has 25 heavy (non-hydrogen) atoms. The molecule has 0 amide bonds. The summed E-state index contributed by atoms with van der Waals surface area (Å²) >= 11 is 1.40. The molecule has 3 aromatic rings. The first-order valence-corrected chi connectivity index (χ1v) is 8.52. The van der Waals surface area contributed by atoms with Gasteiger partial charge in [0.25, 0.3) is 0 Å². The van der Waals surface area contributed by atoms with Crippen LogP contribution in [-0.4, -0.2) is 17.0 Å². The number of hydrogen-bond acceptors (Lipinski definition) is 4. The first kappa shape index (κ1) is 17.0. The van der Waals surface area contributed by atoms with Gasteiger partial charge in [0.05, 0.1) is 5.56 Å². The maximum atomic E-state index is 11.4. The molecule has 0 unspecified atom stereocenters. The first-order valence-electron chi connectivity index (χ1n) is 7.70. The maximum absolute atomic E-state index is 11.4. The number of carboxylic acids is 1. The van der Waals surface area contributed by atoms with Crippen molar-refractivity contribution in [3.05, 3.63) is 71.8 Å². The van der Waals surface area contributed by atoms with Crippen molar-refractivity contribution in [3.8, 4) is 0 Å². The second kappa shape index (κ2) is 7.40. The van der Waals surface area contributed by atoms with Crippen molar-refractivity contribution in [3.63, 3.8) is 0 Å². The predicted octanol–water partition coefficient (Wildman–Crippen LogP) is 4.75. The van der Waals surface area contributed by atoms with Crippen molar-refractivity contribution in [2.24, 2.45) is 0 Å². The Hall–Kier alpha value is -2.79. The Balaban J connectivity index is 2.08. The smallest absolute Gasteiger partial charge is 0.336 e. The zero-order chi connectivity index (χ0) is 17.8. The van der Waals surface area contributed by atoms with Crippen LogP contribution in [0.3, 0.4) is 0 Å². The van der Waals surface area contributed by atoms with Crippen LogP contribution in [0, 0.1) is 0 Å². The number of benzene rings is 3. The average Bonchev–Trinajstić information content (AvgIpc) is 2.60. The van der Waals surface area contributed by atoms with Crippen LogP contribution in [0.25, 0.3) is 10.8 Å². The van der Waals surface area contributed by atoms with E-state index in [-0.39, 0.29) is 18.1 Å². The number of ether oxygens (including phenoxy) is 1. The van der Waals surface area contributed by atoms with Crippen molar-refractivity contribution in [1.82, 2.24) is 0 Å². The van der Waals surface area contributed by atoms with E-state index in [9.17, 15) is 14.7 Å². The molecule has 0 fully saturated rings. The lowest BCUT2D eigenvalue weighted by Crippen LogP contribution is -2.00. The zero-order valence-corrected chi connectivity index (χ0v) is 14.4. The highest BCUT2D eigenvalue weighted by Crippen LogP contribution is 2.37. The third-order valence-electron chi connectivity index (χ3n) is 3.72. The molecule has 0 atom stereocenters. The highest BCUT2D eigenvalue weighted by molar-refractivity contribution is 7.99. The molecular formula is C20H16O4S. The molecule has 4 nitrogen and oxygen atoms in total. The number of rotatable bonds is 5. The van der Waals surface area contributed by atoms with Crippen LogP contribution in [0.1, 0.15) is 22.8 Å². The summed E-state index contributed by atoms with van der Waals surface area (Å²) in [5, 5.41) is 11.4. The lowest BCUT2D eigenvalue weighted by Gasteiger charge is -2.12. The SMILES string of the molecule is CC(=O)OCc1cccc2cccc(Sc3ccccc3C(=O)O)c12. The van der Waals surface area contributed by atoms with Gasteiger partial charge in [0.1, 0.15) is 6.61 Å². The van der Waals surface area contributed by atoms with Gasteiger partial charge in [-0.05, 0) is 29.1 Å².